The van der Waals surface area contributed by atoms with Gasteiger partial charge in [-0.05, 0) is 55.7 Å². The number of aromatic hydroxyl groups is 1. The number of aromatic nitrogens is 4. The maximum Gasteiger partial charge on any atom is 0.301 e. The Morgan fingerprint density at radius 3 is 2.44 bits per heavy atom. The number of hydrogen-bond donors (Lipinski definition) is 2. The van der Waals surface area contributed by atoms with Gasteiger partial charge in [-0.25, -0.2) is 4.98 Å². The first-order valence-corrected chi connectivity index (χ1v) is 14.6. The molecule has 1 saturated heterocycles. The summed E-state index contributed by atoms with van der Waals surface area (Å²) in [6.07, 6.45) is 1.83. The predicted octanol–water partition coefficient (Wildman–Crippen LogP) is 5.74. The second kappa shape index (κ2) is 10.5. The number of aliphatic hydroxyl groups excluding tert-OH is 1. The summed E-state index contributed by atoms with van der Waals surface area (Å²) in [5.41, 5.74) is 5.10. The van der Waals surface area contributed by atoms with E-state index in [4.69, 9.17) is 0 Å². The highest BCUT2D eigenvalue weighted by Crippen LogP contribution is 2.44. The number of phenols is 1. The van der Waals surface area contributed by atoms with Crippen molar-refractivity contribution in [2.45, 2.75) is 36.9 Å². The number of rotatable bonds is 6. The third-order valence-corrected chi connectivity index (χ3v) is 9.17. The average molecular weight is 584 g/mol. The third-order valence-electron chi connectivity index (χ3n) is 7.05. The Balaban J connectivity index is 1.43. The number of thioether (sulfide) groups is 1. The van der Waals surface area contributed by atoms with Crippen LogP contribution >= 0.6 is 23.1 Å². The van der Waals surface area contributed by atoms with E-state index in [1.54, 1.807) is 19.1 Å². The monoisotopic (exact) mass is 583 g/mol. The zero-order valence-corrected chi connectivity index (χ0v) is 24.0. The minimum absolute atomic E-state index is 0.0306. The van der Waals surface area contributed by atoms with Crippen molar-refractivity contribution in [1.82, 2.24) is 19.6 Å². The zero-order valence-electron chi connectivity index (χ0n) is 22.4. The second-order valence-electron chi connectivity index (χ2n) is 9.82. The van der Waals surface area contributed by atoms with Crippen molar-refractivity contribution >= 4 is 51.3 Å². The Morgan fingerprint density at radius 2 is 1.73 bits per heavy atom. The van der Waals surface area contributed by atoms with E-state index in [1.807, 2.05) is 48.7 Å². The Kier molecular flexibility index (Phi) is 6.84. The smallest absolute Gasteiger partial charge is 0.301 e. The molecule has 6 rings (SSSR count). The van der Waals surface area contributed by atoms with E-state index in [0.29, 0.717) is 27.0 Å². The fourth-order valence-corrected chi connectivity index (χ4v) is 6.69. The Hall–Kier alpha value is -4.48. The molecule has 1 unspecified atom stereocenters. The van der Waals surface area contributed by atoms with Crippen molar-refractivity contribution < 1.29 is 19.8 Å². The van der Waals surface area contributed by atoms with E-state index in [1.165, 1.54) is 45.7 Å². The standard InChI is InChI=1S/C30H25N5O4S2/c1-16-6-8-19(9-7-16)15-40-30-33-32-29(41-30)35-24(20-10-12-21(36)13-11-20)22(26(38)28(35)39)25(37)23-18(3)34-14-4-5-17(2)27(34)31-23/h4-14,24,36-37H,15H2,1-3H3/b25-22+. The Bertz CT molecular complexity index is 1840. The topological polar surface area (TPSA) is 121 Å². The maximum atomic E-state index is 13.6. The number of amides is 1. The lowest BCUT2D eigenvalue weighted by molar-refractivity contribution is -0.132. The van der Waals surface area contributed by atoms with Gasteiger partial charge in [0.25, 0.3) is 5.78 Å². The van der Waals surface area contributed by atoms with Gasteiger partial charge in [-0.1, -0.05) is 71.1 Å². The zero-order chi connectivity index (χ0) is 28.8. The van der Waals surface area contributed by atoms with Crippen LogP contribution in [-0.4, -0.2) is 41.5 Å². The molecule has 9 nitrogen and oxygen atoms in total. The van der Waals surface area contributed by atoms with Gasteiger partial charge in [0, 0.05) is 11.9 Å². The highest BCUT2D eigenvalue weighted by molar-refractivity contribution is 8.00. The summed E-state index contributed by atoms with van der Waals surface area (Å²) in [7, 11) is 0. The molecule has 1 fully saturated rings. The molecule has 1 atom stereocenters. The summed E-state index contributed by atoms with van der Waals surface area (Å²) in [6.45, 7) is 5.73. The van der Waals surface area contributed by atoms with Crippen molar-refractivity contribution in [3.8, 4) is 5.75 Å². The molecule has 1 amide bonds. The van der Waals surface area contributed by atoms with Crippen LogP contribution in [0.4, 0.5) is 5.13 Å². The molecule has 1 aliphatic heterocycles. The van der Waals surface area contributed by atoms with Crippen molar-refractivity contribution in [1.29, 1.82) is 0 Å². The lowest BCUT2D eigenvalue weighted by Crippen LogP contribution is -2.29. The number of anilines is 1. The normalized spacial score (nSPS) is 16.7. The largest absolute Gasteiger partial charge is 0.508 e. The van der Waals surface area contributed by atoms with E-state index in [0.717, 1.165) is 11.1 Å². The summed E-state index contributed by atoms with van der Waals surface area (Å²) in [4.78, 5) is 33.0. The van der Waals surface area contributed by atoms with E-state index < -0.39 is 17.7 Å². The van der Waals surface area contributed by atoms with E-state index in [2.05, 4.69) is 27.3 Å². The lowest BCUT2D eigenvalue weighted by atomic mass is 9.96. The van der Waals surface area contributed by atoms with Gasteiger partial charge in [0.15, 0.2) is 10.1 Å². The molecule has 0 spiro atoms. The molecule has 4 heterocycles. The molecule has 0 radical (unpaired) electrons. The minimum atomic E-state index is -0.996. The number of phenolic OH excluding ortho intramolecular Hbond substituents is 1. The SMILES string of the molecule is Cc1ccc(CSc2nnc(N3C(=O)C(=O)/C(=C(/O)c4nc5c(C)cccn5c4C)C3c3ccc(O)cc3)s2)cc1. The molecule has 206 valence electrons. The predicted molar refractivity (Wildman–Crippen MR) is 158 cm³/mol. The number of Topliss-reactive ketones (excluding diaryl/α,β-unsaturated/α-hetero) is 1. The van der Waals surface area contributed by atoms with Gasteiger partial charge in [0.1, 0.15) is 17.1 Å². The molecule has 0 aliphatic carbocycles. The first kappa shape index (κ1) is 26.7. The van der Waals surface area contributed by atoms with Crippen LogP contribution in [0, 0.1) is 20.8 Å². The number of benzene rings is 2. The van der Waals surface area contributed by atoms with Crippen molar-refractivity contribution in [2.75, 3.05) is 4.90 Å². The second-order valence-corrected chi connectivity index (χ2v) is 12.0. The third kappa shape index (κ3) is 4.76. The molecule has 2 aromatic carbocycles. The molecule has 3 aromatic heterocycles. The number of carbonyl (C=O) groups excluding carboxylic acids is 2. The van der Waals surface area contributed by atoms with Gasteiger partial charge in [-0.3, -0.25) is 14.5 Å². The Morgan fingerprint density at radius 1 is 1.00 bits per heavy atom. The van der Waals surface area contributed by atoms with Crippen LogP contribution in [0.5, 0.6) is 5.75 Å². The van der Waals surface area contributed by atoms with Gasteiger partial charge >= 0.3 is 5.91 Å². The summed E-state index contributed by atoms with van der Waals surface area (Å²) in [5, 5.41) is 30.3. The highest BCUT2D eigenvalue weighted by Gasteiger charge is 2.48. The molecular weight excluding hydrogens is 558 g/mol. The molecule has 0 bridgehead atoms. The lowest BCUT2D eigenvalue weighted by Gasteiger charge is -2.22. The van der Waals surface area contributed by atoms with Crippen molar-refractivity contribution in [3.05, 3.63) is 106 Å². The van der Waals surface area contributed by atoms with Gasteiger partial charge in [0.2, 0.25) is 5.13 Å². The first-order chi connectivity index (χ1) is 19.7. The number of nitrogens with zero attached hydrogens (tertiary/aromatic N) is 5. The number of imidazole rings is 1. The molecule has 11 heteroatoms. The molecule has 41 heavy (non-hydrogen) atoms. The summed E-state index contributed by atoms with van der Waals surface area (Å²) in [5.74, 6) is -1.35. The highest BCUT2D eigenvalue weighted by atomic mass is 32.2. The number of pyridine rings is 1. The number of carbonyl (C=O) groups is 2. The number of aryl methyl sites for hydroxylation is 3. The molecule has 0 saturated carbocycles. The minimum Gasteiger partial charge on any atom is -0.508 e. The van der Waals surface area contributed by atoms with E-state index >= 15 is 0 Å². The van der Waals surface area contributed by atoms with Crippen LogP contribution in [0.1, 0.15) is 39.7 Å². The maximum absolute atomic E-state index is 13.6. The van der Waals surface area contributed by atoms with Crippen molar-refractivity contribution in [2.24, 2.45) is 0 Å². The fraction of sp³-hybridized carbons (Fsp3) is 0.167. The van der Waals surface area contributed by atoms with Gasteiger partial charge in [-0.2, -0.15) is 0 Å². The summed E-state index contributed by atoms with van der Waals surface area (Å²) < 4.78 is 2.47. The average Bonchev–Trinajstić information content (AvgIpc) is 3.64. The van der Waals surface area contributed by atoms with Gasteiger partial charge in [0.05, 0.1) is 17.3 Å². The van der Waals surface area contributed by atoms with Crippen LogP contribution in [0.2, 0.25) is 0 Å². The number of fused-ring (bicyclic) bond motifs is 1. The number of hydrogen-bond acceptors (Lipinski definition) is 9. The van der Waals surface area contributed by atoms with Crippen molar-refractivity contribution in [3.63, 3.8) is 0 Å². The number of ketones is 1. The molecular formula is C30H25N5O4S2. The molecule has 5 aromatic rings. The summed E-state index contributed by atoms with van der Waals surface area (Å²) >= 11 is 2.68. The number of aliphatic hydroxyl groups is 1. The van der Waals surface area contributed by atoms with Gasteiger partial charge < -0.3 is 14.6 Å². The van der Waals surface area contributed by atoms with Crippen LogP contribution in [0.25, 0.3) is 11.4 Å². The van der Waals surface area contributed by atoms with Crippen LogP contribution in [-0.2, 0) is 15.3 Å². The summed E-state index contributed by atoms with van der Waals surface area (Å²) in [6, 6.07) is 17.1. The van der Waals surface area contributed by atoms with Gasteiger partial charge in [-0.15, -0.1) is 10.2 Å². The van der Waals surface area contributed by atoms with Crippen LogP contribution in [0.15, 0.2) is 76.8 Å². The van der Waals surface area contributed by atoms with Crippen LogP contribution in [0.3, 0.4) is 0 Å². The molecule has 2 N–H and O–H groups in total. The Labute approximate surface area is 243 Å². The van der Waals surface area contributed by atoms with E-state index in [-0.39, 0.29) is 27.9 Å². The molecule has 1 aliphatic rings. The van der Waals surface area contributed by atoms with Crippen LogP contribution < -0.4 is 4.90 Å². The van der Waals surface area contributed by atoms with E-state index in [9.17, 15) is 19.8 Å². The first-order valence-electron chi connectivity index (χ1n) is 12.8. The quantitative estimate of drug-likeness (QED) is 0.0854. The fourth-order valence-electron chi connectivity index (χ4n) is 4.86.